The summed E-state index contributed by atoms with van der Waals surface area (Å²) in [4.78, 5) is 26.7. The average Bonchev–Trinajstić information content (AvgIpc) is 2.49. The van der Waals surface area contributed by atoms with Crippen molar-refractivity contribution in [1.29, 1.82) is 0 Å². The molecule has 0 atom stereocenters. The highest BCUT2D eigenvalue weighted by molar-refractivity contribution is 6.74. The SMILES string of the molecule is Cc1cn(C(CO[Si](C)(C)C(C)(C)C)CO[Si](C)(C)C(C)(C)C)c(=O)[nH]c1=O. The normalized spacial score (nSPS) is 14.0. The second-order valence-electron chi connectivity index (χ2n) is 10.8. The molecule has 0 amide bonds. The van der Waals surface area contributed by atoms with Crippen LogP contribution in [0, 0.1) is 6.92 Å². The van der Waals surface area contributed by atoms with Crippen molar-refractivity contribution in [2.24, 2.45) is 0 Å². The molecule has 1 heterocycles. The summed E-state index contributed by atoms with van der Waals surface area (Å²) in [5.74, 6) is 0. The molecule has 0 aromatic carbocycles. The van der Waals surface area contributed by atoms with Crippen molar-refractivity contribution >= 4 is 16.6 Å². The maximum absolute atomic E-state index is 12.5. The van der Waals surface area contributed by atoms with Crippen LogP contribution < -0.4 is 11.2 Å². The largest absolute Gasteiger partial charge is 0.415 e. The molecule has 0 aliphatic carbocycles. The van der Waals surface area contributed by atoms with E-state index in [2.05, 4.69) is 72.7 Å². The Labute approximate surface area is 171 Å². The van der Waals surface area contributed by atoms with Gasteiger partial charge in [0.2, 0.25) is 0 Å². The minimum Gasteiger partial charge on any atom is -0.415 e. The Kier molecular flexibility index (Phi) is 7.53. The molecule has 0 bridgehead atoms. The predicted molar refractivity (Wildman–Crippen MR) is 121 cm³/mol. The van der Waals surface area contributed by atoms with Gasteiger partial charge in [0, 0.05) is 11.8 Å². The molecular weight excluding hydrogens is 388 g/mol. The molecule has 0 spiro atoms. The van der Waals surface area contributed by atoms with Crippen LogP contribution >= 0.6 is 0 Å². The first kappa shape index (κ1) is 25.1. The fourth-order valence-electron chi connectivity index (χ4n) is 2.11. The number of aromatic nitrogens is 2. The number of aryl methyl sites for hydroxylation is 1. The standard InChI is InChI=1S/C20H40N2O4Si2/c1-15-12-22(18(24)21-17(15)23)16(13-25-27(8,9)19(2,3)4)14-26-28(10,11)20(5,6)7/h12,16H,13-14H2,1-11H3,(H,21,23,24). The van der Waals surface area contributed by atoms with E-state index in [1.807, 2.05) is 0 Å². The van der Waals surface area contributed by atoms with E-state index in [9.17, 15) is 9.59 Å². The van der Waals surface area contributed by atoms with Gasteiger partial charge >= 0.3 is 5.69 Å². The van der Waals surface area contributed by atoms with E-state index in [1.54, 1.807) is 17.7 Å². The molecule has 0 fully saturated rings. The van der Waals surface area contributed by atoms with Gasteiger partial charge in [0.05, 0.1) is 19.3 Å². The lowest BCUT2D eigenvalue weighted by molar-refractivity contribution is 0.157. The molecular formula is C20H40N2O4Si2. The van der Waals surface area contributed by atoms with Crippen molar-refractivity contribution in [3.8, 4) is 0 Å². The van der Waals surface area contributed by atoms with Gasteiger partial charge in [-0.2, -0.15) is 0 Å². The highest BCUT2D eigenvalue weighted by atomic mass is 28.4. The summed E-state index contributed by atoms with van der Waals surface area (Å²) in [5.41, 5.74) is -0.266. The van der Waals surface area contributed by atoms with Crippen molar-refractivity contribution in [2.75, 3.05) is 13.2 Å². The van der Waals surface area contributed by atoms with E-state index in [4.69, 9.17) is 8.85 Å². The molecule has 8 heteroatoms. The van der Waals surface area contributed by atoms with Crippen LogP contribution in [-0.4, -0.2) is 39.4 Å². The van der Waals surface area contributed by atoms with Crippen LogP contribution in [-0.2, 0) is 8.85 Å². The molecule has 0 unspecified atom stereocenters. The van der Waals surface area contributed by atoms with Gasteiger partial charge in [-0.3, -0.25) is 14.3 Å². The lowest BCUT2D eigenvalue weighted by Gasteiger charge is -2.39. The van der Waals surface area contributed by atoms with Crippen LogP contribution in [0.25, 0.3) is 0 Å². The van der Waals surface area contributed by atoms with E-state index >= 15 is 0 Å². The van der Waals surface area contributed by atoms with Gasteiger partial charge in [0.1, 0.15) is 0 Å². The molecule has 162 valence electrons. The summed E-state index contributed by atoms with van der Waals surface area (Å²) in [6.45, 7) is 24.4. The molecule has 0 radical (unpaired) electrons. The predicted octanol–water partition coefficient (Wildman–Crippen LogP) is 4.43. The third-order valence-electron chi connectivity index (χ3n) is 6.42. The summed E-state index contributed by atoms with van der Waals surface area (Å²) in [6.07, 6.45) is 1.62. The van der Waals surface area contributed by atoms with Crippen molar-refractivity contribution in [1.82, 2.24) is 9.55 Å². The van der Waals surface area contributed by atoms with E-state index in [0.717, 1.165) is 0 Å². The highest BCUT2D eigenvalue weighted by Gasteiger charge is 2.40. The zero-order valence-corrected chi connectivity index (χ0v) is 21.6. The smallest absolute Gasteiger partial charge is 0.328 e. The summed E-state index contributed by atoms with van der Waals surface area (Å²) in [7, 11) is -3.97. The van der Waals surface area contributed by atoms with E-state index < -0.39 is 22.3 Å². The zero-order chi connectivity index (χ0) is 22.1. The van der Waals surface area contributed by atoms with Crippen LogP contribution in [0.2, 0.25) is 36.3 Å². The molecule has 1 aromatic heterocycles. The third kappa shape index (κ3) is 6.01. The second kappa shape index (κ2) is 8.41. The number of rotatable bonds is 7. The summed E-state index contributed by atoms with van der Waals surface area (Å²) in [5, 5.41) is 0.146. The van der Waals surface area contributed by atoms with Crippen LogP contribution in [0.3, 0.4) is 0 Å². The van der Waals surface area contributed by atoms with E-state index in [1.165, 1.54) is 0 Å². The fraction of sp³-hybridized carbons (Fsp3) is 0.800. The average molecular weight is 429 g/mol. The van der Waals surface area contributed by atoms with Crippen molar-refractivity contribution in [3.05, 3.63) is 32.6 Å². The fourth-order valence-corrected chi connectivity index (χ4v) is 4.19. The Balaban J connectivity index is 3.20. The maximum atomic E-state index is 12.5. The maximum Gasteiger partial charge on any atom is 0.328 e. The molecule has 1 rings (SSSR count). The van der Waals surface area contributed by atoms with E-state index in [0.29, 0.717) is 18.8 Å². The number of aromatic amines is 1. The van der Waals surface area contributed by atoms with Crippen LogP contribution in [0.1, 0.15) is 53.1 Å². The number of hydrogen-bond acceptors (Lipinski definition) is 4. The minimum atomic E-state index is -1.99. The minimum absolute atomic E-state index is 0.0731. The lowest BCUT2D eigenvalue weighted by atomic mass is 10.2. The van der Waals surface area contributed by atoms with Gasteiger partial charge in [-0.15, -0.1) is 0 Å². The third-order valence-corrected chi connectivity index (χ3v) is 15.4. The number of nitrogens with one attached hydrogen (secondary N) is 1. The topological polar surface area (TPSA) is 73.3 Å². The molecule has 1 aromatic rings. The van der Waals surface area contributed by atoms with Gasteiger partial charge in [-0.25, -0.2) is 4.79 Å². The first-order valence-electron chi connectivity index (χ1n) is 9.99. The van der Waals surface area contributed by atoms with Crippen molar-refractivity contribution < 1.29 is 8.85 Å². The molecule has 1 N–H and O–H groups in total. The lowest BCUT2D eigenvalue weighted by Crippen LogP contribution is -2.46. The summed E-state index contributed by atoms with van der Waals surface area (Å²) < 4.78 is 14.4. The number of H-pyrrole nitrogens is 1. The summed E-state index contributed by atoms with van der Waals surface area (Å²) >= 11 is 0. The summed E-state index contributed by atoms with van der Waals surface area (Å²) in [6, 6.07) is -0.286. The van der Waals surface area contributed by atoms with Gasteiger partial charge in [-0.1, -0.05) is 41.5 Å². The van der Waals surface area contributed by atoms with Gasteiger partial charge in [0.15, 0.2) is 16.6 Å². The van der Waals surface area contributed by atoms with Crippen LogP contribution in [0.15, 0.2) is 15.8 Å². The molecule has 6 nitrogen and oxygen atoms in total. The highest BCUT2D eigenvalue weighted by Crippen LogP contribution is 2.38. The van der Waals surface area contributed by atoms with Crippen molar-refractivity contribution in [3.63, 3.8) is 0 Å². The quantitative estimate of drug-likeness (QED) is 0.652. The van der Waals surface area contributed by atoms with Gasteiger partial charge in [-0.05, 0) is 43.2 Å². The second-order valence-corrected chi connectivity index (χ2v) is 20.4. The zero-order valence-electron chi connectivity index (χ0n) is 19.6. The number of nitrogens with zero attached hydrogens (tertiary/aromatic N) is 1. The Morgan fingerprint density at radius 3 is 1.68 bits per heavy atom. The monoisotopic (exact) mass is 428 g/mol. The molecule has 0 saturated carbocycles. The van der Waals surface area contributed by atoms with E-state index in [-0.39, 0.29) is 21.7 Å². The molecule has 28 heavy (non-hydrogen) atoms. The van der Waals surface area contributed by atoms with Gasteiger partial charge in [0.25, 0.3) is 5.56 Å². The Hall–Kier alpha value is -0.966. The first-order valence-corrected chi connectivity index (χ1v) is 15.8. The first-order chi connectivity index (χ1) is 12.4. The van der Waals surface area contributed by atoms with Gasteiger partial charge < -0.3 is 8.85 Å². The molecule has 0 aliphatic heterocycles. The Bertz CT molecular complexity index is 753. The molecule has 0 saturated heterocycles. The molecule has 0 aliphatic rings. The number of hydrogen-bond donors (Lipinski definition) is 1. The van der Waals surface area contributed by atoms with Crippen LogP contribution in [0.4, 0.5) is 0 Å². The van der Waals surface area contributed by atoms with Crippen molar-refractivity contribution in [2.45, 2.75) is 90.8 Å². The Morgan fingerprint density at radius 1 is 0.929 bits per heavy atom. The Morgan fingerprint density at radius 2 is 1.32 bits per heavy atom. The van der Waals surface area contributed by atoms with Crippen LogP contribution in [0.5, 0.6) is 0 Å².